The number of hydrogen-bond donors (Lipinski definition) is 0. The second kappa shape index (κ2) is 8.03. The number of pyridine rings is 1. The van der Waals surface area contributed by atoms with Crippen LogP contribution in [0.25, 0.3) is 0 Å². The summed E-state index contributed by atoms with van der Waals surface area (Å²) in [6, 6.07) is 5.02. The molecule has 0 unspecified atom stereocenters. The van der Waals surface area contributed by atoms with Crippen molar-refractivity contribution >= 4 is 17.4 Å². The Hall–Kier alpha value is -0.760. The summed E-state index contributed by atoms with van der Waals surface area (Å²) in [5.74, 6) is 2.46. The molecule has 0 atom stereocenters. The SMILES string of the molecule is CCc1cc(CCl)cc(N(CCC(C)C)C2CCCC2)n1. The van der Waals surface area contributed by atoms with Gasteiger partial charge < -0.3 is 4.90 Å². The van der Waals surface area contributed by atoms with Crippen LogP contribution in [-0.2, 0) is 12.3 Å². The van der Waals surface area contributed by atoms with Gasteiger partial charge in [0, 0.05) is 24.2 Å². The van der Waals surface area contributed by atoms with Crippen LogP contribution in [0, 0.1) is 5.92 Å². The smallest absolute Gasteiger partial charge is 0.129 e. The first-order valence-corrected chi connectivity index (χ1v) is 9.00. The highest BCUT2D eigenvalue weighted by molar-refractivity contribution is 6.17. The zero-order chi connectivity index (χ0) is 15.2. The molecule has 0 saturated heterocycles. The summed E-state index contributed by atoms with van der Waals surface area (Å²) in [6.45, 7) is 7.88. The fourth-order valence-electron chi connectivity index (χ4n) is 3.14. The van der Waals surface area contributed by atoms with Gasteiger partial charge in [-0.25, -0.2) is 4.98 Å². The minimum absolute atomic E-state index is 0.575. The highest BCUT2D eigenvalue weighted by Gasteiger charge is 2.24. The Labute approximate surface area is 134 Å². The van der Waals surface area contributed by atoms with Gasteiger partial charge in [0.1, 0.15) is 5.82 Å². The maximum absolute atomic E-state index is 6.07. The van der Waals surface area contributed by atoms with Gasteiger partial charge in [-0.3, -0.25) is 0 Å². The number of nitrogens with zero attached hydrogens (tertiary/aromatic N) is 2. The molecule has 0 aliphatic heterocycles. The molecule has 0 amide bonds. The number of hydrogen-bond acceptors (Lipinski definition) is 2. The van der Waals surface area contributed by atoms with Crippen molar-refractivity contribution in [3.63, 3.8) is 0 Å². The summed E-state index contributed by atoms with van der Waals surface area (Å²) in [5.41, 5.74) is 2.36. The molecule has 1 heterocycles. The van der Waals surface area contributed by atoms with Crippen molar-refractivity contribution in [1.29, 1.82) is 0 Å². The van der Waals surface area contributed by atoms with Crippen molar-refractivity contribution in [2.24, 2.45) is 5.92 Å². The molecule has 21 heavy (non-hydrogen) atoms. The van der Waals surface area contributed by atoms with E-state index in [1.165, 1.54) is 37.7 Å². The van der Waals surface area contributed by atoms with Crippen LogP contribution in [0.1, 0.15) is 64.1 Å². The highest BCUT2D eigenvalue weighted by Crippen LogP contribution is 2.29. The number of aromatic nitrogens is 1. The lowest BCUT2D eigenvalue weighted by Gasteiger charge is -2.31. The maximum atomic E-state index is 6.07. The van der Waals surface area contributed by atoms with Crippen LogP contribution in [0.4, 0.5) is 5.82 Å². The first-order chi connectivity index (χ1) is 10.1. The predicted octanol–water partition coefficient (Wildman–Crippen LogP) is 5.18. The van der Waals surface area contributed by atoms with E-state index in [0.29, 0.717) is 11.9 Å². The second-order valence-corrected chi connectivity index (χ2v) is 6.89. The Morgan fingerprint density at radius 1 is 1.29 bits per heavy atom. The Morgan fingerprint density at radius 3 is 2.57 bits per heavy atom. The lowest BCUT2D eigenvalue weighted by atomic mass is 10.1. The Balaban J connectivity index is 2.25. The summed E-state index contributed by atoms with van der Waals surface area (Å²) in [6.07, 6.45) is 7.54. The molecule has 1 aromatic rings. The van der Waals surface area contributed by atoms with Gasteiger partial charge in [-0.2, -0.15) is 0 Å². The average molecular weight is 309 g/mol. The maximum Gasteiger partial charge on any atom is 0.129 e. The molecule has 0 spiro atoms. The van der Waals surface area contributed by atoms with Gasteiger partial charge in [0.15, 0.2) is 0 Å². The number of alkyl halides is 1. The quantitative estimate of drug-likeness (QED) is 0.645. The molecule has 0 aromatic carbocycles. The van der Waals surface area contributed by atoms with Gasteiger partial charge in [-0.1, -0.05) is 33.6 Å². The minimum atomic E-state index is 0.575. The Morgan fingerprint density at radius 2 is 2.00 bits per heavy atom. The van der Waals surface area contributed by atoms with Gasteiger partial charge in [-0.05, 0) is 49.3 Å². The third kappa shape index (κ3) is 4.60. The zero-order valence-electron chi connectivity index (χ0n) is 13.7. The number of rotatable bonds is 7. The Kier molecular flexibility index (Phi) is 6.35. The molecule has 0 N–H and O–H groups in total. The van der Waals surface area contributed by atoms with Gasteiger partial charge in [0.25, 0.3) is 0 Å². The molecule has 0 radical (unpaired) electrons. The van der Waals surface area contributed by atoms with Crippen molar-refractivity contribution in [3.8, 4) is 0 Å². The normalized spacial score (nSPS) is 15.9. The molecule has 1 aromatic heterocycles. The lowest BCUT2D eigenvalue weighted by molar-refractivity contribution is 0.524. The molecule has 2 rings (SSSR count). The van der Waals surface area contributed by atoms with Crippen molar-refractivity contribution < 1.29 is 0 Å². The molecular formula is C18H29ClN2. The van der Waals surface area contributed by atoms with Crippen LogP contribution in [0.15, 0.2) is 12.1 Å². The van der Waals surface area contributed by atoms with Gasteiger partial charge in [0.05, 0.1) is 0 Å². The van der Waals surface area contributed by atoms with Crippen molar-refractivity contribution in [3.05, 3.63) is 23.4 Å². The summed E-state index contributed by atoms with van der Waals surface area (Å²) in [5, 5.41) is 0. The standard InChI is InChI=1S/C18H29ClN2/c1-4-16-11-15(13-19)12-18(20-16)21(10-9-14(2)3)17-7-5-6-8-17/h11-12,14,17H,4-10,13H2,1-3H3. The van der Waals surface area contributed by atoms with Crippen LogP contribution in [-0.4, -0.2) is 17.6 Å². The third-order valence-electron chi connectivity index (χ3n) is 4.45. The van der Waals surface area contributed by atoms with E-state index in [4.69, 9.17) is 16.6 Å². The van der Waals surface area contributed by atoms with E-state index in [0.717, 1.165) is 30.4 Å². The Bertz CT molecular complexity index is 417. The fraction of sp³-hybridized carbons (Fsp3) is 0.722. The first-order valence-electron chi connectivity index (χ1n) is 8.46. The van der Waals surface area contributed by atoms with Crippen LogP contribution < -0.4 is 4.90 Å². The summed E-state index contributed by atoms with van der Waals surface area (Å²) in [4.78, 5) is 7.45. The summed E-state index contributed by atoms with van der Waals surface area (Å²) in [7, 11) is 0. The number of aryl methyl sites for hydroxylation is 1. The molecule has 1 saturated carbocycles. The van der Waals surface area contributed by atoms with Gasteiger partial charge in [0.2, 0.25) is 0 Å². The van der Waals surface area contributed by atoms with E-state index in [-0.39, 0.29) is 0 Å². The number of halogens is 1. The molecule has 3 heteroatoms. The molecule has 118 valence electrons. The molecule has 1 aliphatic carbocycles. The van der Waals surface area contributed by atoms with E-state index in [1.807, 2.05) is 0 Å². The minimum Gasteiger partial charge on any atom is -0.354 e. The predicted molar refractivity (Wildman–Crippen MR) is 92.2 cm³/mol. The van der Waals surface area contributed by atoms with Crippen LogP contribution >= 0.6 is 11.6 Å². The van der Waals surface area contributed by atoms with E-state index < -0.39 is 0 Å². The van der Waals surface area contributed by atoms with Crippen molar-refractivity contribution in [2.45, 2.75) is 71.2 Å². The van der Waals surface area contributed by atoms with Gasteiger partial charge >= 0.3 is 0 Å². The summed E-state index contributed by atoms with van der Waals surface area (Å²) >= 11 is 6.07. The first kappa shape index (κ1) is 16.6. The largest absolute Gasteiger partial charge is 0.354 e. The topological polar surface area (TPSA) is 16.1 Å². The zero-order valence-corrected chi connectivity index (χ0v) is 14.5. The molecule has 1 fully saturated rings. The molecule has 0 bridgehead atoms. The van der Waals surface area contributed by atoms with E-state index >= 15 is 0 Å². The highest BCUT2D eigenvalue weighted by atomic mass is 35.5. The summed E-state index contributed by atoms with van der Waals surface area (Å²) < 4.78 is 0. The van der Waals surface area contributed by atoms with Gasteiger partial charge in [-0.15, -0.1) is 11.6 Å². The van der Waals surface area contributed by atoms with E-state index in [1.54, 1.807) is 0 Å². The van der Waals surface area contributed by atoms with Crippen LogP contribution in [0.2, 0.25) is 0 Å². The van der Waals surface area contributed by atoms with Crippen LogP contribution in [0.3, 0.4) is 0 Å². The van der Waals surface area contributed by atoms with E-state index in [2.05, 4.69) is 37.8 Å². The van der Waals surface area contributed by atoms with E-state index in [9.17, 15) is 0 Å². The molecular weight excluding hydrogens is 280 g/mol. The molecule has 2 nitrogen and oxygen atoms in total. The average Bonchev–Trinajstić information content (AvgIpc) is 3.00. The van der Waals surface area contributed by atoms with Crippen LogP contribution in [0.5, 0.6) is 0 Å². The van der Waals surface area contributed by atoms with Crippen molar-refractivity contribution in [1.82, 2.24) is 4.98 Å². The monoisotopic (exact) mass is 308 g/mol. The fourth-order valence-corrected chi connectivity index (χ4v) is 3.29. The second-order valence-electron chi connectivity index (χ2n) is 6.63. The molecule has 1 aliphatic rings. The third-order valence-corrected chi connectivity index (χ3v) is 4.76. The van der Waals surface area contributed by atoms with Crippen molar-refractivity contribution in [2.75, 3.05) is 11.4 Å². The number of anilines is 1. The lowest BCUT2D eigenvalue weighted by Crippen LogP contribution is -2.35.